The Bertz CT molecular complexity index is 590. The molecule has 92 valence electrons. The number of aromatic amines is 1. The third-order valence-electron chi connectivity index (χ3n) is 3.37. The lowest BCUT2D eigenvalue weighted by Gasteiger charge is -2.30. The van der Waals surface area contributed by atoms with E-state index < -0.39 is 0 Å². The topological polar surface area (TPSA) is 83.8 Å². The summed E-state index contributed by atoms with van der Waals surface area (Å²) in [5.74, 6) is 0.212. The van der Waals surface area contributed by atoms with Gasteiger partial charge in [0.1, 0.15) is 5.69 Å². The maximum Gasteiger partial charge on any atom is 0.271 e. The van der Waals surface area contributed by atoms with Crippen LogP contribution < -0.4 is 11.1 Å². The standard InChI is InChI=1S/C13H14N4O/c14-11-7-16-17-12(11)13(18)15-6-9-5-8-3-1-2-4-10(8)9/h1-4,7,9H,5-6,14H2,(H,15,18)(H,16,17). The van der Waals surface area contributed by atoms with Crippen LogP contribution in [0.2, 0.25) is 0 Å². The van der Waals surface area contributed by atoms with Gasteiger partial charge < -0.3 is 11.1 Å². The van der Waals surface area contributed by atoms with Crippen molar-refractivity contribution in [3.63, 3.8) is 0 Å². The van der Waals surface area contributed by atoms with E-state index in [2.05, 4.69) is 27.6 Å². The van der Waals surface area contributed by atoms with E-state index in [1.807, 2.05) is 12.1 Å². The lowest BCUT2D eigenvalue weighted by Crippen LogP contribution is -2.33. The molecule has 1 unspecified atom stereocenters. The van der Waals surface area contributed by atoms with Gasteiger partial charge >= 0.3 is 0 Å². The Morgan fingerprint density at radius 1 is 1.50 bits per heavy atom. The molecule has 1 aliphatic carbocycles. The third kappa shape index (κ3) is 1.73. The quantitative estimate of drug-likeness (QED) is 0.752. The van der Waals surface area contributed by atoms with Crippen molar-refractivity contribution in [2.24, 2.45) is 0 Å². The minimum atomic E-state index is -0.200. The van der Waals surface area contributed by atoms with E-state index in [1.165, 1.54) is 17.3 Å². The van der Waals surface area contributed by atoms with Gasteiger partial charge in [0.15, 0.2) is 0 Å². The van der Waals surface area contributed by atoms with Crippen LogP contribution in [0.1, 0.15) is 27.5 Å². The Kier molecular flexibility index (Phi) is 2.51. The highest BCUT2D eigenvalue weighted by Gasteiger charge is 2.25. The van der Waals surface area contributed by atoms with Crippen molar-refractivity contribution in [2.45, 2.75) is 12.3 Å². The third-order valence-corrected chi connectivity index (χ3v) is 3.37. The Morgan fingerprint density at radius 3 is 3.06 bits per heavy atom. The summed E-state index contributed by atoms with van der Waals surface area (Å²) in [5.41, 5.74) is 9.03. The maximum atomic E-state index is 11.8. The zero-order valence-electron chi connectivity index (χ0n) is 9.81. The molecular weight excluding hydrogens is 228 g/mol. The monoisotopic (exact) mass is 242 g/mol. The SMILES string of the molecule is Nc1cn[nH]c1C(=O)NCC1Cc2ccccc21. The minimum absolute atomic E-state index is 0.200. The van der Waals surface area contributed by atoms with Gasteiger partial charge in [-0.3, -0.25) is 9.89 Å². The molecule has 1 heterocycles. The van der Waals surface area contributed by atoms with Crippen molar-refractivity contribution in [3.8, 4) is 0 Å². The molecule has 1 amide bonds. The summed E-state index contributed by atoms with van der Waals surface area (Å²) in [6.45, 7) is 0.633. The van der Waals surface area contributed by atoms with Crippen LogP contribution in [0, 0.1) is 0 Å². The zero-order valence-corrected chi connectivity index (χ0v) is 9.81. The molecule has 0 spiro atoms. The van der Waals surface area contributed by atoms with E-state index in [1.54, 1.807) is 0 Å². The summed E-state index contributed by atoms with van der Waals surface area (Å²) in [4.78, 5) is 11.8. The molecule has 0 fully saturated rings. The maximum absolute atomic E-state index is 11.8. The second kappa shape index (κ2) is 4.18. The average molecular weight is 242 g/mol. The number of nitrogens with two attached hydrogens (primary N) is 1. The van der Waals surface area contributed by atoms with Gasteiger partial charge in [-0.1, -0.05) is 24.3 Å². The normalized spacial score (nSPS) is 16.8. The number of carbonyl (C=O) groups excluding carboxylic acids is 1. The Morgan fingerprint density at radius 2 is 2.33 bits per heavy atom. The summed E-state index contributed by atoms with van der Waals surface area (Å²) in [6, 6.07) is 8.30. The number of fused-ring (bicyclic) bond motifs is 1. The number of benzene rings is 1. The predicted octanol–water partition coefficient (Wildman–Crippen LogP) is 1.06. The molecule has 0 aliphatic heterocycles. The molecule has 3 rings (SSSR count). The number of nitrogen functional groups attached to an aromatic ring is 1. The first-order valence-corrected chi connectivity index (χ1v) is 5.90. The number of anilines is 1. The molecule has 0 saturated carbocycles. The van der Waals surface area contributed by atoms with Gasteiger partial charge in [-0.2, -0.15) is 5.10 Å². The number of hydrogen-bond acceptors (Lipinski definition) is 3. The molecule has 1 aromatic heterocycles. The number of amides is 1. The Labute approximate surface area is 104 Å². The minimum Gasteiger partial charge on any atom is -0.396 e. The summed E-state index contributed by atoms with van der Waals surface area (Å²) < 4.78 is 0. The van der Waals surface area contributed by atoms with E-state index in [0.717, 1.165) is 6.42 Å². The first kappa shape index (κ1) is 10.8. The predicted molar refractivity (Wildman–Crippen MR) is 68.2 cm³/mol. The second-order valence-corrected chi connectivity index (χ2v) is 4.51. The number of aromatic nitrogens is 2. The highest BCUT2D eigenvalue weighted by atomic mass is 16.1. The van der Waals surface area contributed by atoms with Crippen molar-refractivity contribution in [1.29, 1.82) is 0 Å². The van der Waals surface area contributed by atoms with Gasteiger partial charge in [0, 0.05) is 12.5 Å². The Balaban J connectivity index is 1.61. The van der Waals surface area contributed by atoms with Crippen LogP contribution in [0.25, 0.3) is 0 Å². The van der Waals surface area contributed by atoms with Crippen molar-refractivity contribution in [2.75, 3.05) is 12.3 Å². The van der Waals surface area contributed by atoms with Crippen LogP contribution in [0.15, 0.2) is 30.5 Å². The molecule has 4 N–H and O–H groups in total. The highest BCUT2D eigenvalue weighted by Crippen LogP contribution is 2.33. The molecule has 5 heteroatoms. The fourth-order valence-corrected chi connectivity index (χ4v) is 2.33. The van der Waals surface area contributed by atoms with Gasteiger partial charge in [-0.25, -0.2) is 0 Å². The summed E-state index contributed by atoms with van der Waals surface area (Å²) in [7, 11) is 0. The number of carbonyl (C=O) groups is 1. The van der Waals surface area contributed by atoms with Crippen LogP contribution >= 0.6 is 0 Å². The van der Waals surface area contributed by atoms with Crippen molar-refractivity contribution >= 4 is 11.6 Å². The lowest BCUT2D eigenvalue weighted by molar-refractivity contribution is 0.0946. The molecule has 18 heavy (non-hydrogen) atoms. The molecule has 0 radical (unpaired) electrons. The molecule has 1 aliphatic rings. The van der Waals surface area contributed by atoms with Crippen molar-refractivity contribution in [1.82, 2.24) is 15.5 Å². The molecule has 2 aromatic rings. The molecule has 1 atom stereocenters. The van der Waals surface area contributed by atoms with E-state index in [4.69, 9.17) is 5.73 Å². The molecule has 0 saturated heterocycles. The van der Waals surface area contributed by atoms with Crippen LogP contribution in [-0.2, 0) is 6.42 Å². The smallest absolute Gasteiger partial charge is 0.271 e. The average Bonchev–Trinajstić information content (AvgIpc) is 2.76. The number of nitrogens with one attached hydrogen (secondary N) is 2. The molecule has 0 bridgehead atoms. The number of H-pyrrole nitrogens is 1. The van der Waals surface area contributed by atoms with E-state index in [9.17, 15) is 4.79 Å². The number of nitrogens with zero attached hydrogens (tertiary/aromatic N) is 1. The van der Waals surface area contributed by atoms with Gasteiger partial charge in [-0.05, 0) is 17.5 Å². The summed E-state index contributed by atoms with van der Waals surface area (Å²) >= 11 is 0. The van der Waals surface area contributed by atoms with E-state index >= 15 is 0 Å². The second-order valence-electron chi connectivity index (χ2n) is 4.51. The van der Waals surface area contributed by atoms with Crippen molar-refractivity contribution in [3.05, 3.63) is 47.3 Å². The van der Waals surface area contributed by atoms with Crippen LogP contribution in [0.3, 0.4) is 0 Å². The number of hydrogen-bond donors (Lipinski definition) is 3. The zero-order chi connectivity index (χ0) is 12.5. The molecule has 5 nitrogen and oxygen atoms in total. The van der Waals surface area contributed by atoms with Gasteiger partial charge in [0.25, 0.3) is 5.91 Å². The van der Waals surface area contributed by atoms with Crippen molar-refractivity contribution < 1.29 is 4.79 Å². The largest absolute Gasteiger partial charge is 0.396 e. The molecule has 1 aromatic carbocycles. The van der Waals surface area contributed by atoms with E-state index in [0.29, 0.717) is 23.8 Å². The Hall–Kier alpha value is -2.30. The van der Waals surface area contributed by atoms with Gasteiger partial charge in [0.2, 0.25) is 0 Å². The molecular formula is C13H14N4O. The fourth-order valence-electron chi connectivity index (χ4n) is 2.33. The van der Waals surface area contributed by atoms with Crippen LogP contribution in [0.4, 0.5) is 5.69 Å². The van der Waals surface area contributed by atoms with Crippen LogP contribution in [-0.4, -0.2) is 22.6 Å². The van der Waals surface area contributed by atoms with E-state index in [-0.39, 0.29) is 5.91 Å². The van der Waals surface area contributed by atoms with Gasteiger partial charge in [-0.15, -0.1) is 0 Å². The fraction of sp³-hybridized carbons (Fsp3) is 0.231. The highest BCUT2D eigenvalue weighted by molar-refractivity contribution is 5.96. The van der Waals surface area contributed by atoms with Crippen LogP contribution in [0.5, 0.6) is 0 Å². The first-order valence-electron chi connectivity index (χ1n) is 5.90. The number of rotatable bonds is 3. The first-order chi connectivity index (χ1) is 8.75. The summed E-state index contributed by atoms with van der Waals surface area (Å²) in [6.07, 6.45) is 2.46. The van der Waals surface area contributed by atoms with Gasteiger partial charge in [0.05, 0.1) is 11.9 Å². The lowest BCUT2D eigenvalue weighted by atomic mass is 9.77. The summed E-state index contributed by atoms with van der Waals surface area (Å²) in [5, 5.41) is 9.20.